The summed E-state index contributed by atoms with van der Waals surface area (Å²) in [5.41, 5.74) is 1.31. The minimum Gasteiger partial charge on any atom is -0.292 e. The number of nitrogens with zero attached hydrogens (tertiary/aromatic N) is 2. The Hall–Kier alpha value is -2.54. The lowest BCUT2D eigenvalue weighted by atomic mass is 9.92. The number of benzene rings is 1. The van der Waals surface area contributed by atoms with Gasteiger partial charge in [0.2, 0.25) is 0 Å². The number of aromatic nitrogens is 1. The van der Waals surface area contributed by atoms with Gasteiger partial charge in [-0.05, 0) is 48.4 Å². The zero-order valence-corrected chi connectivity index (χ0v) is 10.3. The van der Waals surface area contributed by atoms with Crippen LogP contribution in [0.15, 0.2) is 42.7 Å². The Kier molecular flexibility index (Phi) is 3.67. The highest BCUT2D eigenvalue weighted by atomic mass is 19.1. The predicted molar refractivity (Wildman–Crippen MR) is 68.1 cm³/mol. The van der Waals surface area contributed by atoms with Crippen molar-refractivity contribution in [3.63, 3.8) is 0 Å². The average Bonchev–Trinajstić information content (AvgIpc) is 2.44. The first-order chi connectivity index (χ1) is 9.13. The van der Waals surface area contributed by atoms with Crippen molar-refractivity contribution in [3.05, 3.63) is 65.2 Å². The molecule has 1 aromatic heterocycles. The van der Waals surface area contributed by atoms with Gasteiger partial charge in [-0.15, -0.1) is 0 Å². The minimum atomic E-state index is -0.895. The molecule has 0 aliphatic rings. The molecule has 1 unspecified atom stereocenters. The third-order valence-corrected chi connectivity index (χ3v) is 2.87. The Morgan fingerprint density at radius 2 is 2.00 bits per heavy atom. The van der Waals surface area contributed by atoms with Crippen molar-refractivity contribution in [1.82, 2.24) is 4.98 Å². The van der Waals surface area contributed by atoms with E-state index in [0.717, 1.165) is 0 Å². The topological polar surface area (TPSA) is 53.8 Å². The second-order valence-electron chi connectivity index (χ2n) is 4.17. The molecule has 1 atom stereocenters. The molecule has 1 heterocycles. The second kappa shape index (κ2) is 5.40. The molecule has 0 bridgehead atoms. The Morgan fingerprint density at radius 3 is 2.58 bits per heavy atom. The molecule has 2 aromatic rings. The highest BCUT2D eigenvalue weighted by Gasteiger charge is 2.22. The number of halogens is 1. The third kappa shape index (κ3) is 2.66. The second-order valence-corrected chi connectivity index (χ2v) is 4.17. The van der Waals surface area contributed by atoms with Crippen molar-refractivity contribution in [2.75, 3.05) is 0 Å². The van der Waals surface area contributed by atoms with Crippen LogP contribution in [0.4, 0.5) is 4.39 Å². The lowest BCUT2D eigenvalue weighted by Crippen LogP contribution is -2.11. The number of nitriles is 1. The van der Waals surface area contributed by atoms with E-state index >= 15 is 0 Å². The van der Waals surface area contributed by atoms with Crippen LogP contribution in [0.1, 0.15) is 27.4 Å². The fourth-order valence-electron chi connectivity index (χ4n) is 1.81. The SMILES string of the molecule is Cc1cc(C(=O)C(C#N)c2ccncc2)ccc1F. The number of ketones is 1. The first kappa shape index (κ1) is 12.9. The number of Topliss-reactive ketones (excluding diaryl/α,β-unsaturated/α-hetero) is 1. The minimum absolute atomic E-state index is 0.335. The van der Waals surface area contributed by atoms with E-state index in [0.29, 0.717) is 16.7 Å². The summed E-state index contributed by atoms with van der Waals surface area (Å²) in [4.78, 5) is 16.1. The third-order valence-electron chi connectivity index (χ3n) is 2.87. The fraction of sp³-hybridized carbons (Fsp3) is 0.133. The molecule has 0 fully saturated rings. The molecule has 0 saturated heterocycles. The van der Waals surface area contributed by atoms with Gasteiger partial charge in [0.15, 0.2) is 5.78 Å². The summed E-state index contributed by atoms with van der Waals surface area (Å²) in [5, 5.41) is 9.17. The van der Waals surface area contributed by atoms with Gasteiger partial charge in [-0.25, -0.2) is 4.39 Å². The molecular weight excluding hydrogens is 243 g/mol. The quantitative estimate of drug-likeness (QED) is 0.791. The largest absolute Gasteiger partial charge is 0.292 e. The van der Waals surface area contributed by atoms with E-state index < -0.39 is 5.92 Å². The van der Waals surface area contributed by atoms with Crippen LogP contribution < -0.4 is 0 Å². The van der Waals surface area contributed by atoms with Crippen LogP contribution in [-0.2, 0) is 0 Å². The van der Waals surface area contributed by atoms with Gasteiger partial charge in [0.05, 0.1) is 6.07 Å². The molecule has 94 valence electrons. The van der Waals surface area contributed by atoms with E-state index in [1.54, 1.807) is 19.1 Å². The maximum Gasteiger partial charge on any atom is 0.184 e. The molecule has 0 aliphatic carbocycles. The van der Waals surface area contributed by atoms with Crippen molar-refractivity contribution < 1.29 is 9.18 Å². The van der Waals surface area contributed by atoms with Crippen LogP contribution in [0.3, 0.4) is 0 Å². The molecule has 19 heavy (non-hydrogen) atoms. The lowest BCUT2D eigenvalue weighted by molar-refractivity contribution is 0.0978. The number of aryl methyl sites for hydroxylation is 1. The van der Waals surface area contributed by atoms with Crippen LogP contribution in [0.5, 0.6) is 0 Å². The summed E-state index contributed by atoms with van der Waals surface area (Å²) >= 11 is 0. The smallest absolute Gasteiger partial charge is 0.184 e. The Balaban J connectivity index is 2.37. The molecule has 0 N–H and O–H groups in total. The van der Waals surface area contributed by atoms with E-state index in [1.165, 1.54) is 30.6 Å². The van der Waals surface area contributed by atoms with Gasteiger partial charge in [-0.3, -0.25) is 9.78 Å². The summed E-state index contributed by atoms with van der Waals surface area (Å²) in [7, 11) is 0. The first-order valence-electron chi connectivity index (χ1n) is 5.73. The molecule has 1 aromatic carbocycles. The number of hydrogen-bond donors (Lipinski definition) is 0. The zero-order valence-electron chi connectivity index (χ0n) is 10.3. The molecule has 0 spiro atoms. The Morgan fingerprint density at radius 1 is 1.32 bits per heavy atom. The van der Waals surface area contributed by atoms with E-state index in [4.69, 9.17) is 5.26 Å². The molecular formula is C15H11FN2O. The van der Waals surface area contributed by atoms with Gasteiger partial charge in [-0.2, -0.15) is 5.26 Å². The van der Waals surface area contributed by atoms with Crippen molar-refractivity contribution in [2.45, 2.75) is 12.8 Å². The van der Waals surface area contributed by atoms with Gasteiger partial charge >= 0.3 is 0 Å². The maximum atomic E-state index is 13.2. The molecule has 0 saturated carbocycles. The average molecular weight is 254 g/mol. The number of carbonyl (C=O) groups excluding carboxylic acids is 1. The standard InChI is InChI=1S/C15H11FN2O/c1-10-8-12(2-3-14(10)16)15(19)13(9-17)11-4-6-18-7-5-11/h2-8,13H,1H3. The van der Waals surface area contributed by atoms with Crippen LogP contribution in [-0.4, -0.2) is 10.8 Å². The molecule has 0 amide bonds. The van der Waals surface area contributed by atoms with Gasteiger partial charge in [-0.1, -0.05) is 0 Å². The van der Waals surface area contributed by atoms with Gasteiger partial charge < -0.3 is 0 Å². The lowest BCUT2D eigenvalue weighted by Gasteiger charge is -2.09. The molecule has 4 heteroatoms. The van der Waals surface area contributed by atoms with Crippen LogP contribution in [0.2, 0.25) is 0 Å². The summed E-state index contributed by atoms with van der Waals surface area (Å²) < 4.78 is 13.2. The Labute approximate surface area is 110 Å². The zero-order chi connectivity index (χ0) is 13.8. The summed E-state index contributed by atoms with van der Waals surface area (Å²) in [6, 6.07) is 9.33. The summed E-state index contributed by atoms with van der Waals surface area (Å²) in [5.74, 6) is -1.60. The fourth-order valence-corrected chi connectivity index (χ4v) is 1.81. The molecule has 0 radical (unpaired) electrons. The maximum absolute atomic E-state index is 13.2. The number of hydrogen-bond acceptors (Lipinski definition) is 3. The van der Waals surface area contributed by atoms with Crippen LogP contribution in [0.25, 0.3) is 0 Å². The van der Waals surface area contributed by atoms with E-state index in [2.05, 4.69) is 4.98 Å². The van der Waals surface area contributed by atoms with Crippen molar-refractivity contribution in [2.24, 2.45) is 0 Å². The van der Waals surface area contributed by atoms with E-state index in [9.17, 15) is 9.18 Å². The molecule has 0 aliphatic heterocycles. The highest BCUT2D eigenvalue weighted by molar-refractivity contribution is 6.02. The number of pyridine rings is 1. The van der Waals surface area contributed by atoms with Crippen molar-refractivity contribution in [3.8, 4) is 6.07 Å². The first-order valence-corrected chi connectivity index (χ1v) is 5.73. The van der Waals surface area contributed by atoms with Crippen molar-refractivity contribution in [1.29, 1.82) is 5.26 Å². The predicted octanol–water partition coefficient (Wildman–Crippen LogP) is 3.02. The van der Waals surface area contributed by atoms with Gasteiger partial charge in [0.25, 0.3) is 0 Å². The van der Waals surface area contributed by atoms with Gasteiger partial charge in [0.1, 0.15) is 11.7 Å². The number of carbonyl (C=O) groups is 1. The summed E-state index contributed by atoms with van der Waals surface area (Å²) in [6.07, 6.45) is 3.06. The van der Waals surface area contributed by atoms with Crippen LogP contribution >= 0.6 is 0 Å². The highest BCUT2D eigenvalue weighted by Crippen LogP contribution is 2.21. The molecule has 2 rings (SSSR count). The normalized spacial score (nSPS) is 11.6. The van der Waals surface area contributed by atoms with Crippen molar-refractivity contribution >= 4 is 5.78 Å². The van der Waals surface area contributed by atoms with Gasteiger partial charge in [0, 0.05) is 18.0 Å². The summed E-state index contributed by atoms with van der Waals surface area (Å²) in [6.45, 7) is 1.58. The number of rotatable bonds is 3. The van der Waals surface area contributed by atoms with E-state index in [-0.39, 0.29) is 11.6 Å². The van der Waals surface area contributed by atoms with Crippen LogP contribution in [0, 0.1) is 24.1 Å². The Bertz CT molecular complexity index is 647. The van der Waals surface area contributed by atoms with E-state index in [1.807, 2.05) is 6.07 Å². The molecule has 3 nitrogen and oxygen atoms in total. The monoisotopic (exact) mass is 254 g/mol.